The number of nitrogens with zero attached hydrogens (tertiary/aromatic N) is 2. The number of nitrogens with one attached hydrogen (secondary N) is 1. The molecule has 2 aromatic carbocycles. The van der Waals surface area contributed by atoms with Gasteiger partial charge in [0.15, 0.2) is 0 Å². The monoisotopic (exact) mass is 442 g/mol. The normalized spacial score (nSPS) is 11.2. The molecule has 0 saturated heterocycles. The molecular formula is C16H15ClN3Na2O5S+. The number of aromatic carboxylic acids is 1. The van der Waals surface area contributed by atoms with Crippen LogP contribution in [-0.4, -0.2) is 30.3 Å². The zero-order valence-electron chi connectivity index (χ0n) is 15.9. The van der Waals surface area contributed by atoms with Crippen molar-refractivity contribution in [1.29, 1.82) is 0 Å². The molecule has 0 unspecified atom stereocenters. The van der Waals surface area contributed by atoms with Gasteiger partial charge in [0.2, 0.25) is 0 Å². The van der Waals surface area contributed by atoms with Crippen LogP contribution in [0.3, 0.4) is 0 Å². The van der Waals surface area contributed by atoms with Crippen LogP contribution < -0.4 is 69.6 Å². The first-order chi connectivity index (χ1) is 12.1. The number of carboxylic acid groups (broad SMARTS) is 1. The molecule has 2 rings (SSSR count). The minimum atomic E-state index is -4.81. The van der Waals surface area contributed by atoms with E-state index in [4.69, 9.17) is 11.6 Å². The van der Waals surface area contributed by atoms with Crippen molar-refractivity contribution in [1.82, 2.24) is 0 Å². The number of hydrazine groups is 1. The van der Waals surface area contributed by atoms with E-state index in [1.807, 2.05) is 0 Å². The molecule has 0 radical (unpaired) electrons. The number of hydrogen-bond donors (Lipinski definition) is 1. The van der Waals surface area contributed by atoms with E-state index in [2.05, 4.69) is 10.5 Å². The van der Waals surface area contributed by atoms with Gasteiger partial charge in [0.1, 0.15) is 22.4 Å². The number of anilines is 1. The summed E-state index contributed by atoms with van der Waals surface area (Å²) >= 11 is 5.92. The third-order valence-electron chi connectivity index (χ3n) is 3.40. The molecule has 0 fully saturated rings. The zero-order chi connectivity index (χ0) is 19.5. The number of rotatable bonds is 6. The second-order valence-electron chi connectivity index (χ2n) is 5.26. The van der Waals surface area contributed by atoms with Crippen LogP contribution in [0.4, 0.5) is 11.4 Å². The molecule has 0 aliphatic carbocycles. The van der Waals surface area contributed by atoms with Crippen LogP contribution in [0.15, 0.2) is 46.4 Å². The molecule has 0 amide bonds. The minimum Gasteiger partial charge on any atom is -0.744 e. The molecule has 8 nitrogen and oxygen atoms in total. The fourth-order valence-electron chi connectivity index (χ4n) is 2.20. The second-order valence-corrected chi connectivity index (χ2v) is 7.08. The number of aryl methyl sites for hydroxylation is 1. The first kappa shape index (κ1) is 27.5. The molecule has 0 aliphatic rings. The van der Waals surface area contributed by atoms with Gasteiger partial charge in [-0.15, -0.1) is 5.43 Å². The summed E-state index contributed by atoms with van der Waals surface area (Å²) in [6, 6.07) is 7.98. The maximum Gasteiger partial charge on any atom is 1.00 e. The number of carbonyl (C=O) groups excluding carboxylic acids is 1. The van der Waals surface area contributed by atoms with Gasteiger partial charge < -0.3 is 14.5 Å². The van der Waals surface area contributed by atoms with Gasteiger partial charge in [0.05, 0.1) is 16.4 Å². The first-order valence-electron chi connectivity index (χ1n) is 7.45. The third-order valence-corrected chi connectivity index (χ3v) is 4.47. The zero-order valence-corrected chi connectivity index (χ0v) is 21.5. The number of carboxylic acids is 1. The summed E-state index contributed by atoms with van der Waals surface area (Å²) in [7, 11) is -4.81. The van der Waals surface area contributed by atoms with Gasteiger partial charge in [-0.3, -0.25) is 0 Å². The summed E-state index contributed by atoms with van der Waals surface area (Å²) in [5.41, 5.74) is 3.86. The summed E-state index contributed by atoms with van der Waals surface area (Å²) < 4.78 is 33.4. The maximum atomic E-state index is 11.5. The van der Waals surface area contributed by atoms with Crippen LogP contribution >= 0.6 is 11.6 Å². The molecule has 0 aliphatic heterocycles. The Kier molecular flexibility index (Phi) is 11.4. The number of halogens is 1. The van der Waals surface area contributed by atoms with Gasteiger partial charge >= 0.3 is 59.1 Å². The van der Waals surface area contributed by atoms with Crippen molar-refractivity contribution in [2.75, 3.05) is 12.0 Å². The van der Waals surface area contributed by atoms with Crippen molar-refractivity contribution < 1.29 is 86.8 Å². The molecule has 2 aromatic rings. The Bertz CT molecular complexity index is 1000. The van der Waals surface area contributed by atoms with Crippen LogP contribution in [0.25, 0.3) is 0 Å². The maximum absolute atomic E-state index is 11.5. The Morgan fingerprint density at radius 3 is 2.36 bits per heavy atom. The summed E-state index contributed by atoms with van der Waals surface area (Å²) in [5, 5.41) is 16.1. The molecule has 0 aromatic heterocycles. The number of benzene rings is 2. The van der Waals surface area contributed by atoms with Crippen molar-refractivity contribution in [3.63, 3.8) is 0 Å². The Morgan fingerprint density at radius 2 is 1.86 bits per heavy atom. The van der Waals surface area contributed by atoms with Gasteiger partial charge in [-0.25, -0.2) is 8.42 Å². The smallest absolute Gasteiger partial charge is 0.744 e. The summed E-state index contributed by atoms with van der Waals surface area (Å²) in [4.78, 5) is 12.0. The number of hydrogen-bond acceptors (Lipinski definition) is 6. The number of carbonyl (C=O) groups is 1. The van der Waals surface area contributed by atoms with E-state index in [0.717, 1.165) is 17.7 Å². The molecule has 1 N–H and O–H groups in total. The number of azo groups is 1. The van der Waals surface area contributed by atoms with E-state index in [0.29, 0.717) is 17.3 Å². The Balaban J connectivity index is 0.00000364. The Labute approximate surface area is 212 Å². The average molecular weight is 443 g/mol. The summed E-state index contributed by atoms with van der Waals surface area (Å²) in [6.07, 6.45) is 0. The first-order valence-corrected chi connectivity index (χ1v) is 9.23. The van der Waals surface area contributed by atoms with Gasteiger partial charge in [0, 0.05) is 15.9 Å². The standard InChI is InChI=1S/C16H16ClN3O5S.2Na/c1-3-18-20(19-14-6-4-11(17)8-10(14)2)15-7-5-12(26(23,24)25)9-13(15)16(21)22;;/h4-9H,3H2,1-2H3,(H2-,18,19,21,22,23,24,25);;/q;2*+1/p-1. The van der Waals surface area contributed by atoms with Crippen molar-refractivity contribution in [2.24, 2.45) is 5.11 Å². The molecule has 12 heteroatoms. The van der Waals surface area contributed by atoms with E-state index in [9.17, 15) is 22.9 Å². The summed E-state index contributed by atoms with van der Waals surface area (Å²) in [6.45, 7) is 3.83. The predicted molar refractivity (Wildman–Crippen MR) is 91.4 cm³/mol. The molecule has 0 atom stereocenters. The fourth-order valence-corrected chi connectivity index (χ4v) is 2.92. The largest absolute Gasteiger partial charge is 1.00 e. The molecular weight excluding hydrogens is 428 g/mol. The van der Waals surface area contributed by atoms with E-state index in [1.54, 1.807) is 32.0 Å². The van der Waals surface area contributed by atoms with Crippen LogP contribution in [0.2, 0.25) is 5.02 Å². The minimum absolute atomic E-state index is 0. The second kappa shape index (κ2) is 11.6. The predicted octanol–water partition coefficient (Wildman–Crippen LogP) is -3.93. The van der Waals surface area contributed by atoms with Crippen molar-refractivity contribution in [2.45, 2.75) is 18.7 Å². The van der Waals surface area contributed by atoms with Crippen molar-refractivity contribution in [3.05, 3.63) is 52.5 Å². The molecule has 0 heterocycles. The fraction of sp³-hybridized carbons (Fsp3) is 0.188. The molecule has 0 bridgehead atoms. The molecule has 0 saturated carbocycles. The molecule has 138 valence electrons. The van der Waals surface area contributed by atoms with Crippen molar-refractivity contribution in [3.8, 4) is 0 Å². The van der Waals surface area contributed by atoms with Gasteiger partial charge in [0.25, 0.3) is 5.69 Å². The molecule has 28 heavy (non-hydrogen) atoms. The van der Waals surface area contributed by atoms with Crippen LogP contribution in [0, 0.1) is 6.92 Å². The third kappa shape index (κ3) is 7.08. The van der Waals surface area contributed by atoms with Crippen LogP contribution in [-0.2, 0) is 10.1 Å². The van der Waals surface area contributed by atoms with Crippen LogP contribution in [0.5, 0.6) is 0 Å². The Morgan fingerprint density at radius 1 is 1.21 bits per heavy atom. The van der Waals surface area contributed by atoms with Crippen molar-refractivity contribution >= 4 is 39.1 Å². The van der Waals surface area contributed by atoms with Gasteiger partial charge in [-0.1, -0.05) is 11.6 Å². The van der Waals surface area contributed by atoms with Gasteiger partial charge in [-0.2, -0.15) is 0 Å². The van der Waals surface area contributed by atoms with Crippen LogP contribution in [0.1, 0.15) is 22.8 Å². The SMILES string of the molecule is CCN=[N+](Nc1ccc(Cl)cc1C)c1ccc(S(=O)(=O)[O-])cc1C(=O)[O-].[Na+].[Na+]. The van der Waals surface area contributed by atoms with E-state index in [1.165, 1.54) is 10.9 Å². The quantitative estimate of drug-likeness (QED) is 0.160. The van der Waals surface area contributed by atoms with E-state index < -0.39 is 26.5 Å². The van der Waals surface area contributed by atoms with E-state index >= 15 is 0 Å². The average Bonchev–Trinajstić information content (AvgIpc) is 2.55. The van der Waals surface area contributed by atoms with Gasteiger partial charge in [-0.05, 0) is 54.9 Å². The molecule has 0 spiro atoms. The summed E-state index contributed by atoms with van der Waals surface area (Å²) in [5.74, 6) is -1.64. The van der Waals surface area contributed by atoms with E-state index in [-0.39, 0.29) is 64.8 Å². The topological polar surface area (TPSA) is 125 Å². The Hall–Kier alpha value is -0.490.